The normalized spacial score (nSPS) is 10.7. The Balaban J connectivity index is 1.72. The molecule has 0 aliphatic heterocycles. The molecule has 0 unspecified atom stereocenters. The van der Waals surface area contributed by atoms with Crippen LogP contribution in [0.5, 0.6) is 0 Å². The van der Waals surface area contributed by atoms with Crippen LogP contribution in [0.3, 0.4) is 0 Å². The van der Waals surface area contributed by atoms with Gasteiger partial charge in [0.15, 0.2) is 0 Å². The molecule has 2 heterocycles. The van der Waals surface area contributed by atoms with Crippen molar-refractivity contribution in [3.8, 4) is 10.7 Å². The molecule has 5 nitrogen and oxygen atoms in total. The number of aryl methyl sites for hydroxylation is 2. The summed E-state index contributed by atoms with van der Waals surface area (Å²) >= 11 is 1.47. The molecule has 0 saturated heterocycles. The summed E-state index contributed by atoms with van der Waals surface area (Å²) in [5.74, 6) is 0.438. The van der Waals surface area contributed by atoms with E-state index >= 15 is 0 Å². The van der Waals surface area contributed by atoms with E-state index in [1.54, 1.807) is 19.1 Å². The predicted octanol–water partition coefficient (Wildman–Crippen LogP) is 3.74. The molecule has 118 valence electrons. The van der Waals surface area contributed by atoms with Crippen LogP contribution in [0, 0.1) is 19.7 Å². The maximum atomic E-state index is 13.1. The number of aromatic nitrogens is 2. The average molecular weight is 331 g/mol. The topological polar surface area (TPSA) is 68.0 Å². The van der Waals surface area contributed by atoms with Crippen molar-refractivity contribution >= 4 is 22.9 Å². The third kappa shape index (κ3) is 3.62. The summed E-state index contributed by atoms with van der Waals surface area (Å²) < 4.78 is 18.1. The second-order valence-corrected chi connectivity index (χ2v) is 6.33. The lowest BCUT2D eigenvalue weighted by molar-refractivity contribution is -0.115. The van der Waals surface area contributed by atoms with Gasteiger partial charge in [0.25, 0.3) is 0 Å². The number of rotatable bonds is 4. The first kappa shape index (κ1) is 15.4. The van der Waals surface area contributed by atoms with Crippen LogP contribution in [0.15, 0.2) is 34.9 Å². The van der Waals surface area contributed by atoms with Gasteiger partial charge in [-0.15, -0.1) is 11.3 Å². The monoisotopic (exact) mass is 331 g/mol. The quantitative estimate of drug-likeness (QED) is 0.791. The molecule has 0 atom stereocenters. The van der Waals surface area contributed by atoms with Crippen LogP contribution < -0.4 is 5.32 Å². The first-order chi connectivity index (χ1) is 11.0. The van der Waals surface area contributed by atoms with E-state index in [0.717, 1.165) is 9.75 Å². The van der Waals surface area contributed by atoms with E-state index in [9.17, 15) is 9.18 Å². The molecule has 7 heteroatoms. The molecular weight excluding hydrogens is 317 g/mol. The number of hydrogen-bond acceptors (Lipinski definition) is 5. The molecule has 0 fully saturated rings. The Kier molecular flexibility index (Phi) is 4.20. The largest absolute Gasteiger partial charge is 0.339 e. The highest BCUT2D eigenvalue weighted by atomic mass is 32.1. The molecule has 23 heavy (non-hydrogen) atoms. The van der Waals surface area contributed by atoms with Gasteiger partial charge in [-0.1, -0.05) is 17.3 Å². The van der Waals surface area contributed by atoms with Crippen LogP contribution in [-0.4, -0.2) is 16.0 Å². The van der Waals surface area contributed by atoms with Gasteiger partial charge in [0, 0.05) is 11.8 Å². The highest BCUT2D eigenvalue weighted by Gasteiger charge is 2.14. The van der Waals surface area contributed by atoms with E-state index < -0.39 is 0 Å². The molecule has 1 amide bonds. The maximum absolute atomic E-state index is 13.1. The zero-order valence-electron chi connectivity index (χ0n) is 12.6. The van der Waals surface area contributed by atoms with E-state index in [4.69, 9.17) is 4.52 Å². The van der Waals surface area contributed by atoms with Crippen LogP contribution in [0.4, 0.5) is 10.1 Å². The van der Waals surface area contributed by atoms with Gasteiger partial charge in [0.2, 0.25) is 17.6 Å². The Bertz CT molecular complexity index is 857. The van der Waals surface area contributed by atoms with Crippen LogP contribution in [0.2, 0.25) is 0 Å². The number of nitrogens with zero attached hydrogens (tertiary/aromatic N) is 2. The van der Waals surface area contributed by atoms with Crippen molar-refractivity contribution in [2.24, 2.45) is 0 Å². The molecule has 2 aromatic heterocycles. The predicted molar refractivity (Wildman–Crippen MR) is 85.8 cm³/mol. The number of thiophene rings is 1. The smallest absolute Gasteiger partial charge is 0.228 e. The van der Waals surface area contributed by atoms with E-state index in [1.165, 1.54) is 23.5 Å². The van der Waals surface area contributed by atoms with Crippen molar-refractivity contribution < 1.29 is 13.7 Å². The molecule has 1 N–H and O–H groups in total. The third-order valence-corrected chi connectivity index (χ3v) is 4.24. The van der Waals surface area contributed by atoms with E-state index in [0.29, 0.717) is 23.0 Å². The van der Waals surface area contributed by atoms with Crippen molar-refractivity contribution in [1.29, 1.82) is 0 Å². The highest BCUT2D eigenvalue weighted by molar-refractivity contribution is 7.16. The second-order valence-electron chi connectivity index (χ2n) is 5.07. The fourth-order valence-corrected chi connectivity index (χ4v) is 3.04. The molecule has 0 aliphatic rings. The van der Waals surface area contributed by atoms with Gasteiger partial charge in [0.05, 0.1) is 17.0 Å². The van der Waals surface area contributed by atoms with Gasteiger partial charge >= 0.3 is 0 Å². The number of halogens is 1. The van der Waals surface area contributed by atoms with Crippen LogP contribution in [-0.2, 0) is 11.2 Å². The minimum atomic E-state index is -0.350. The second kappa shape index (κ2) is 6.29. The first-order valence-corrected chi connectivity index (χ1v) is 7.78. The molecular formula is C16H14FN3O2S. The van der Waals surface area contributed by atoms with E-state index in [1.807, 2.05) is 13.0 Å². The number of benzene rings is 1. The number of anilines is 1. The third-order valence-electron chi connectivity index (χ3n) is 3.19. The van der Waals surface area contributed by atoms with Gasteiger partial charge in [0.1, 0.15) is 5.82 Å². The lowest BCUT2D eigenvalue weighted by atomic mass is 10.1. The molecule has 0 aliphatic carbocycles. The van der Waals surface area contributed by atoms with Crippen molar-refractivity contribution in [2.45, 2.75) is 20.3 Å². The molecule has 1 aromatic carbocycles. The van der Waals surface area contributed by atoms with Crippen molar-refractivity contribution in [2.75, 3.05) is 5.32 Å². The summed E-state index contributed by atoms with van der Waals surface area (Å²) in [5, 5.41) is 6.70. The molecule has 3 aromatic rings. The Hall–Kier alpha value is -2.54. The summed E-state index contributed by atoms with van der Waals surface area (Å²) in [5.41, 5.74) is 1.33. The Morgan fingerprint density at radius 1 is 1.35 bits per heavy atom. The van der Waals surface area contributed by atoms with Crippen LogP contribution >= 0.6 is 11.3 Å². The Labute approximate surface area is 136 Å². The first-order valence-electron chi connectivity index (χ1n) is 6.96. The zero-order chi connectivity index (χ0) is 16.4. The lowest BCUT2D eigenvalue weighted by Crippen LogP contribution is -2.14. The highest BCUT2D eigenvalue weighted by Crippen LogP contribution is 2.32. The number of carbonyl (C=O) groups excluding carboxylic acids is 1. The standard InChI is InChI=1S/C16H14FN3O2S/c1-9-13(8-14(23-9)16-18-10(2)22-20-16)19-15(21)7-11-4-3-5-12(17)6-11/h3-6,8H,7H2,1-2H3,(H,19,21). The van der Waals surface area contributed by atoms with Crippen molar-refractivity contribution in [3.63, 3.8) is 0 Å². The molecule has 3 rings (SSSR count). The van der Waals surface area contributed by atoms with Gasteiger partial charge < -0.3 is 9.84 Å². The summed E-state index contributed by atoms with van der Waals surface area (Å²) in [6.07, 6.45) is 0.115. The zero-order valence-corrected chi connectivity index (χ0v) is 13.4. The van der Waals surface area contributed by atoms with Crippen LogP contribution in [0.1, 0.15) is 16.3 Å². The summed E-state index contributed by atoms with van der Waals surface area (Å²) in [7, 11) is 0. The fraction of sp³-hybridized carbons (Fsp3) is 0.188. The lowest BCUT2D eigenvalue weighted by Gasteiger charge is -2.04. The van der Waals surface area contributed by atoms with Gasteiger partial charge in [-0.25, -0.2) is 4.39 Å². The molecule has 0 saturated carbocycles. The number of hydrogen-bond donors (Lipinski definition) is 1. The Morgan fingerprint density at radius 3 is 2.87 bits per heavy atom. The number of carbonyl (C=O) groups is 1. The molecule has 0 spiro atoms. The van der Waals surface area contributed by atoms with E-state index in [-0.39, 0.29) is 18.1 Å². The van der Waals surface area contributed by atoms with Gasteiger partial charge in [-0.2, -0.15) is 4.98 Å². The minimum Gasteiger partial charge on any atom is -0.339 e. The van der Waals surface area contributed by atoms with E-state index in [2.05, 4.69) is 15.5 Å². The summed E-state index contributed by atoms with van der Waals surface area (Å²) in [6.45, 7) is 3.62. The fourth-order valence-electron chi connectivity index (χ4n) is 2.14. The summed E-state index contributed by atoms with van der Waals surface area (Å²) in [6, 6.07) is 7.83. The number of amides is 1. The van der Waals surface area contributed by atoms with Crippen molar-refractivity contribution in [1.82, 2.24) is 10.1 Å². The maximum Gasteiger partial charge on any atom is 0.228 e. The SMILES string of the molecule is Cc1nc(-c2cc(NC(=O)Cc3cccc(F)c3)c(C)s2)no1. The van der Waals surface area contributed by atoms with Gasteiger partial charge in [-0.3, -0.25) is 4.79 Å². The number of nitrogens with one attached hydrogen (secondary N) is 1. The van der Waals surface area contributed by atoms with Gasteiger partial charge in [-0.05, 0) is 30.7 Å². The summed E-state index contributed by atoms with van der Waals surface area (Å²) in [4.78, 5) is 18.0. The average Bonchev–Trinajstić information content (AvgIpc) is 3.06. The minimum absolute atomic E-state index is 0.115. The Morgan fingerprint density at radius 2 is 2.17 bits per heavy atom. The van der Waals surface area contributed by atoms with Crippen molar-refractivity contribution in [3.05, 3.63) is 52.5 Å². The molecule has 0 bridgehead atoms. The van der Waals surface area contributed by atoms with Crippen LogP contribution in [0.25, 0.3) is 10.7 Å². The molecule has 0 radical (unpaired) electrons.